The lowest BCUT2D eigenvalue weighted by Crippen LogP contribution is -2.56. The highest BCUT2D eigenvalue weighted by Crippen LogP contribution is 2.28. The fourth-order valence-electron chi connectivity index (χ4n) is 2.30. The van der Waals surface area contributed by atoms with Crippen LogP contribution in [0.15, 0.2) is 17.5 Å². The van der Waals surface area contributed by atoms with Crippen LogP contribution in [-0.2, 0) is 4.79 Å². The minimum absolute atomic E-state index is 0.0431. The summed E-state index contributed by atoms with van der Waals surface area (Å²) in [6, 6.07) is 3.99. The van der Waals surface area contributed by atoms with Crippen molar-refractivity contribution in [3.8, 4) is 0 Å². The van der Waals surface area contributed by atoms with Gasteiger partial charge in [0, 0.05) is 0 Å². The van der Waals surface area contributed by atoms with Gasteiger partial charge in [0.05, 0.1) is 21.8 Å². The third-order valence-electron chi connectivity index (χ3n) is 3.29. The smallest absolute Gasteiger partial charge is 0.226 e. The molecule has 0 bridgehead atoms. The van der Waals surface area contributed by atoms with Crippen molar-refractivity contribution in [1.82, 2.24) is 14.3 Å². The summed E-state index contributed by atoms with van der Waals surface area (Å²) in [6.07, 6.45) is 0. The summed E-state index contributed by atoms with van der Waals surface area (Å²) < 4.78 is 1.91. The summed E-state index contributed by atoms with van der Waals surface area (Å²) in [5.41, 5.74) is 2.01. The van der Waals surface area contributed by atoms with E-state index < -0.39 is 0 Å². The van der Waals surface area contributed by atoms with E-state index in [1.165, 1.54) is 11.3 Å². The fraction of sp³-hybridized carbons (Fsp3) is 0.385. The Kier molecular flexibility index (Phi) is 3.80. The zero-order valence-electron chi connectivity index (χ0n) is 11.5. The zero-order chi connectivity index (χ0) is 14.2. The Hall–Kier alpha value is -1.17. The highest BCUT2D eigenvalue weighted by Gasteiger charge is 2.40. The van der Waals surface area contributed by atoms with Crippen molar-refractivity contribution in [2.45, 2.75) is 20.8 Å². The van der Waals surface area contributed by atoms with Gasteiger partial charge < -0.3 is 0 Å². The number of rotatable bonds is 3. The van der Waals surface area contributed by atoms with Crippen LogP contribution in [0.1, 0.15) is 16.4 Å². The third kappa shape index (κ3) is 2.22. The number of hydrogen-bond acceptors (Lipinski definition) is 3. The van der Waals surface area contributed by atoms with Gasteiger partial charge in [-0.2, -0.15) is 9.66 Å². The van der Waals surface area contributed by atoms with Gasteiger partial charge in [0.15, 0.2) is 0 Å². The molecular formula is C13H17ClN3OS+. The first-order chi connectivity index (χ1) is 8.91. The molecule has 102 valence electrons. The van der Waals surface area contributed by atoms with E-state index in [-0.39, 0.29) is 16.4 Å². The Labute approximate surface area is 121 Å². The van der Waals surface area contributed by atoms with Crippen LogP contribution in [0.25, 0.3) is 0 Å². The molecule has 2 heterocycles. The molecule has 0 aliphatic carbocycles. The SMILES string of the molecule is Cc1nc([N+](C)(C(=O)CCl)n2c(C)ccc2C)cs1. The van der Waals surface area contributed by atoms with Crippen LogP contribution in [0, 0.1) is 20.8 Å². The zero-order valence-corrected chi connectivity index (χ0v) is 13.0. The molecule has 0 aliphatic rings. The van der Waals surface area contributed by atoms with Crippen LogP contribution >= 0.6 is 22.9 Å². The lowest BCUT2D eigenvalue weighted by atomic mass is 10.4. The van der Waals surface area contributed by atoms with Gasteiger partial charge in [0.25, 0.3) is 5.82 Å². The number of amides is 1. The Morgan fingerprint density at radius 3 is 2.37 bits per heavy atom. The number of quaternary nitrogens is 1. The fourth-order valence-corrected chi connectivity index (χ4v) is 3.21. The Morgan fingerprint density at radius 1 is 1.37 bits per heavy atom. The van der Waals surface area contributed by atoms with Gasteiger partial charge in [-0.05, 0) is 32.9 Å². The second-order valence-corrected chi connectivity index (χ2v) is 5.97. The molecular weight excluding hydrogens is 282 g/mol. The van der Waals surface area contributed by atoms with Crippen molar-refractivity contribution < 1.29 is 4.79 Å². The molecule has 0 saturated heterocycles. The number of aromatic nitrogens is 2. The van der Waals surface area contributed by atoms with Crippen LogP contribution in [-0.4, -0.2) is 28.5 Å². The Bertz CT molecular complexity index is 600. The monoisotopic (exact) mass is 298 g/mol. The molecule has 2 aromatic rings. The van der Waals surface area contributed by atoms with Gasteiger partial charge in [-0.25, -0.2) is 4.79 Å². The van der Waals surface area contributed by atoms with E-state index in [4.69, 9.17) is 11.6 Å². The predicted octanol–water partition coefficient (Wildman–Crippen LogP) is 3.04. The molecule has 0 aliphatic heterocycles. The molecule has 0 saturated carbocycles. The second-order valence-electron chi connectivity index (χ2n) is 4.64. The number of carbonyl (C=O) groups excluding carboxylic acids is 1. The molecule has 6 heteroatoms. The van der Waals surface area contributed by atoms with Gasteiger partial charge in [0.2, 0.25) is 0 Å². The van der Waals surface area contributed by atoms with E-state index in [1.807, 2.05) is 50.0 Å². The minimum Gasteiger partial charge on any atom is -0.226 e. The topological polar surface area (TPSA) is 34.9 Å². The number of aryl methyl sites for hydroxylation is 3. The molecule has 1 amide bonds. The average Bonchev–Trinajstić information content (AvgIpc) is 2.95. The molecule has 0 N–H and O–H groups in total. The largest absolute Gasteiger partial charge is 0.359 e. The maximum absolute atomic E-state index is 12.4. The number of nitrogens with zero attached hydrogens (tertiary/aromatic N) is 3. The summed E-state index contributed by atoms with van der Waals surface area (Å²) in [5.74, 6) is 0.550. The summed E-state index contributed by atoms with van der Waals surface area (Å²) >= 11 is 7.34. The van der Waals surface area contributed by atoms with E-state index in [0.717, 1.165) is 16.4 Å². The highest BCUT2D eigenvalue weighted by molar-refractivity contribution is 7.09. The van der Waals surface area contributed by atoms with Crippen LogP contribution in [0.2, 0.25) is 0 Å². The number of halogens is 1. The van der Waals surface area contributed by atoms with Gasteiger partial charge >= 0.3 is 5.91 Å². The normalized spacial score (nSPS) is 14.4. The maximum Gasteiger partial charge on any atom is 0.359 e. The summed E-state index contributed by atoms with van der Waals surface area (Å²) in [7, 11) is 1.83. The summed E-state index contributed by atoms with van der Waals surface area (Å²) in [4.78, 5) is 16.9. The van der Waals surface area contributed by atoms with Crippen LogP contribution < -0.4 is 4.59 Å². The first-order valence-corrected chi connectivity index (χ1v) is 7.37. The first-order valence-electron chi connectivity index (χ1n) is 5.95. The van der Waals surface area contributed by atoms with Crippen LogP contribution in [0.4, 0.5) is 5.82 Å². The highest BCUT2D eigenvalue weighted by atomic mass is 35.5. The second kappa shape index (κ2) is 5.07. The summed E-state index contributed by atoms with van der Waals surface area (Å²) in [5, 5.41) is 2.85. The Balaban J connectivity index is 2.69. The molecule has 4 nitrogen and oxygen atoms in total. The maximum atomic E-state index is 12.4. The van der Waals surface area contributed by atoms with Crippen LogP contribution in [0.5, 0.6) is 0 Å². The third-order valence-corrected chi connectivity index (χ3v) is 4.28. The first kappa shape index (κ1) is 14.2. The minimum atomic E-state index is -0.102. The van der Waals surface area contributed by atoms with Crippen molar-refractivity contribution in [1.29, 1.82) is 0 Å². The van der Waals surface area contributed by atoms with E-state index in [9.17, 15) is 4.79 Å². The predicted molar refractivity (Wildman–Crippen MR) is 79.6 cm³/mol. The molecule has 19 heavy (non-hydrogen) atoms. The van der Waals surface area contributed by atoms with E-state index in [2.05, 4.69) is 4.98 Å². The average molecular weight is 299 g/mol. The van der Waals surface area contributed by atoms with Gasteiger partial charge in [0.1, 0.15) is 12.9 Å². The van der Waals surface area contributed by atoms with Crippen molar-refractivity contribution in [3.05, 3.63) is 33.9 Å². The van der Waals surface area contributed by atoms with Crippen molar-refractivity contribution in [3.63, 3.8) is 0 Å². The summed E-state index contributed by atoms with van der Waals surface area (Å²) in [6.45, 7) is 5.88. The molecule has 0 radical (unpaired) electrons. The number of alkyl halides is 1. The Morgan fingerprint density at radius 2 is 1.95 bits per heavy atom. The van der Waals surface area contributed by atoms with Crippen molar-refractivity contribution >= 4 is 34.7 Å². The molecule has 1 unspecified atom stereocenters. The molecule has 2 rings (SSSR count). The van der Waals surface area contributed by atoms with Gasteiger partial charge in [-0.1, -0.05) is 0 Å². The lowest BCUT2D eigenvalue weighted by Gasteiger charge is -2.31. The van der Waals surface area contributed by atoms with Gasteiger partial charge in [-0.15, -0.1) is 27.5 Å². The van der Waals surface area contributed by atoms with Crippen molar-refractivity contribution in [2.24, 2.45) is 0 Å². The number of carbonyl (C=O) groups is 1. The van der Waals surface area contributed by atoms with Gasteiger partial charge in [-0.3, -0.25) is 0 Å². The molecule has 0 fully saturated rings. The lowest BCUT2D eigenvalue weighted by molar-refractivity contribution is -0.129. The van der Waals surface area contributed by atoms with E-state index >= 15 is 0 Å². The molecule has 2 aromatic heterocycles. The standard InChI is InChI=1S/C13H17ClN3OS/c1-9-5-6-10(2)16(9)17(4,13(18)7-14)12-8-19-11(3)15-12/h5-6,8H,7H2,1-4H3/q+1. The quantitative estimate of drug-likeness (QED) is 0.645. The molecule has 0 aromatic carbocycles. The number of thiazole rings is 1. The van der Waals surface area contributed by atoms with E-state index in [0.29, 0.717) is 5.82 Å². The van der Waals surface area contributed by atoms with E-state index in [1.54, 1.807) is 0 Å². The molecule has 1 atom stereocenters. The van der Waals surface area contributed by atoms with Crippen molar-refractivity contribution in [2.75, 3.05) is 12.9 Å². The van der Waals surface area contributed by atoms with Crippen LogP contribution in [0.3, 0.4) is 0 Å². The number of hydrogen-bond donors (Lipinski definition) is 0. The molecule has 0 spiro atoms.